The number of carbonyl (C=O) groups excluding carboxylic acids is 2. The monoisotopic (exact) mass is 487 g/mol. The zero-order valence-corrected chi connectivity index (χ0v) is 21.7. The van der Waals surface area contributed by atoms with Crippen LogP contribution in [-0.2, 0) is 4.79 Å². The van der Waals surface area contributed by atoms with Gasteiger partial charge in [-0.25, -0.2) is 0 Å². The Kier molecular flexibility index (Phi) is 8.47. The van der Waals surface area contributed by atoms with Gasteiger partial charge < -0.3 is 19.1 Å². The van der Waals surface area contributed by atoms with Crippen LogP contribution in [0.5, 0.6) is 5.75 Å². The highest BCUT2D eigenvalue weighted by Gasteiger charge is 2.28. The summed E-state index contributed by atoms with van der Waals surface area (Å²) in [5.74, 6) is 1.03. The maximum Gasteiger partial charge on any atom is 0.255 e. The van der Waals surface area contributed by atoms with Crippen molar-refractivity contribution in [3.63, 3.8) is 0 Å². The van der Waals surface area contributed by atoms with Gasteiger partial charge in [0, 0.05) is 44.0 Å². The molecule has 2 aromatic carbocycles. The third-order valence-electron chi connectivity index (χ3n) is 7.04. The molecule has 6 nitrogen and oxygen atoms in total. The van der Waals surface area contributed by atoms with Crippen molar-refractivity contribution in [3.05, 3.63) is 71.9 Å². The molecular weight excluding hydrogens is 450 g/mol. The molecule has 1 fully saturated rings. The fourth-order valence-electron chi connectivity index (χ4n) is 4.90. The van der Waals surface area contributed by atoms with Crippen LogP contribution >= 0.6 is 0 Å². The van der Waals surface area contributed by atoms with E-state index in [1.54, 1.807) is 7.11 Å². The summed E-state index contributed by atoms with van der Waals surface area (Å²) in [6.07, 6.45) is 5.01. The molecule has 1 aliphatic rings. The number of para-hydroxylation sites is 1. The number of benzene rings is 2. The fourth-order valence-corrected chi connectivity index (χ4v) is 4.90. The van der Waals surface area contributed by atoms with Crippen molar-refractivity contribution in [3.8, 4) is 22.7 Å². The van der Waals surface area contributed by atoms with Gasteiger partial charge in [-0.1, -0.05) is 44.4 Å². The summed E-state index contributed by atoms with van der Waals surface area (Å²) in [6, 6.07) is 20.0. The molecule has 0 N–H and O–H groups in total. The van der Waals surface area contributed by atoms with Gasteiger partial charge in [0.25, 0.3) is 5.91 Å². The second-order valence-electron chi connectivity index (χ2n) is 9.41. The number of nitrogens with zero attached hydrogens (tertiary/aromatic N) is 3. The average Bonchev–Trinajstić information content (AvgIpc) is 3.28. The first kappa shape index (κ1) is 25.5. The molecule has 0 atom stereocenters. The lowest BCUT2D eigenvalue weighted by molar-refractivity contribution is -0.132. The van der Waals surface area contributed by atoms with E-state index in [1.165, 1.54) is 12.8 Å². The van der Waals surface area contributed by atoms with Crippen LogP contribution in [0.2, 0.25) is 0 Å². The number of hydrogen-bond donors (Lipinski definition) is 0. The molecule has 3 aromatic rings. The Morgan fingerprint density at radius 1 is 0.861 bits per heavy atom. The maximum absolute atomic E-state index is 13.7. The lowest BCUT2D eigenvalue weighted by Gasteiger charge is -2.35. The van der Waals surface area contributed by atoms with E-state index < -0.39 is 0 Å². The molecule has 0 bridgehead atoms. The Balaban J connectivity index is 1.53. The number of amides is 2. The van der Waals surface area contributed by atoms with Gasteiger partial charge >= 0.3 is 0 Å². The summed E-state index contributed by atoms with van der Waals surface area (Å²) in [5.41, 5.74) is 4.60. The van der Waals surface area contributed by atoms with E-state index in [2.05, 4.69) is 23.6 Å². The standard InChI is InChI=1S/C30H37N3O3/c1-4-5-6-10-13-29(34)31-18-20-32(21-19-31)30(35)27-22-28(24-14-16-26(36-3)17-15-24)33(23(27)2)25-11-8-7-9-12-25/h7-9,11-12,14-17,22H,4-6,10,13,18-21H2,1-3H3. The van der Waals surface area contributed by atoms with Crippen LogP contribution in [0.1, 0.15) is 55.1 Å². The number of aromatic nitrogens is 1. The minimum atomic E-state index is 0.0204. The summed E-state index contributed by atoms with van der Waals surface area (Å²) < 4.78 is 7.47. The van der Waals surface area contributed by atoms with Gasteiger partial charge in [0.15, 0.2) is 0 Å². The van der Waals surface area contributed by atoms with E-state index in [1.807, 2.05) is 65.3 Å². The normalized spacial score (nSPS) is 13.6. The Hall–Kier alpha value is -3.54. The zero-order valence-electron chi connectivity index (χ0n) is 21.7. The second kappa shape index (κ2) is 11.9. The van der Waals surface area contributed by atoms with Crippen LogP contribution < -0.4 is 4.74 Å². The average molecular weight is 488 g/mol. The van der Waals surface area contributed by atoms with E-state index in [9.17, 15) is 9.59 Å². The molecule has 36 heavy (non-hydrogen) atoms. The molecular formula is C30H37N3O3. The Bertz CT molecular complexity index is 1160. The largest absolute Gasteiger partial charge is 0.497 e. The van der Waals surface area contributed by atoms with E-state index in [0.29, 0.717) is 38.2 Å². The van der Waals surface area contributed by atoms with Crippen molar-refractivity contribution in [1.82, 2.24) is 14.4 Å². The minimum Gasteiger partial charge on any atom is -0.497 e. The summed E-state index contributed by atoms with van der Waals surface area (Å²) in [4.78, 5) is 30.0. The lowest BCUT2D eigenvalue weighted by Crippen LogP contribution is -2.50. The van der Waals surface area contributed by atoms with Crippen molar-refractivity contribution in [2.75, 3.05) is 33.3 Å². The summed E-state index contributed by atoms with van der Waals surface area (Å²) in [6.45, 7) is 6.50. The molecule has 0 unspecified atom stereocenters. The van der Waals surface area contributed by atoms with E-state index in [-0.39, 0.29) is 11.8 Å². The summed E-state index contributed by atoms with van der Waals surface area (Å²) in [5, 5.41) is 0. The van der Waals surface area contributed by atoms with Gasteiger partial charge in [-0.15, -0.1) is 0 Å². The van der Waals surface area contributed by atoms with Gasteiger partial charge in [-0.2, -0.15) is 0 Å². The number of rotatable bonds is 9. The molecule has 1 saturated heterocycles. The first-order chi connectivity index (χ1) is 17.5. The third kappa shape index (κ3) is 5.64. The van der Waals surface area contributed by atoms with Gasteiger partial charge in [0.1, 0.15) is 5.75 Å². The first-order valence-electron chi connectivity index (χ1n) is 13.0. The number of methoxy groups -OCH3 is 1. The third-order valence-corrected chi connectivity index (χ3v) is 7.04. The predicted molar refractivity (Wildman–Crippen MR) is 144 cm³/mol. The summed E-state index contributed by atoms with van der Waals surface area (Å²) in [7, 11) is 1.66. The molecule has 0 radical (unpaired) electrons. The molecule has 0 spiro atoms. The number of hydrogen-bond acceptors (Lipinski definition) is 3. The second-order valence-corrected chi connectivity index (χ2v) is 9.41. The van der Waals surface area contributed by atoms with Crippen LogP contribution in [0.25, 0.3) is 16.9 Å². The molecule has 4 rings (SSSR count). The Morgan fingerprint density at radius 2 is 1.53 bits per heavy atom. The molecule has 2 heterocycles. The number of carbonyl (C=O) groups is 2. The van der Waals surface area contributed by atoms with Crippen molar-refractivity contribution in [1.29, 1.82) is 0 Å². The minimum absolute atomic E-state index is 0.0204. The van der Waals surface area contributed by atoms with Crippen molar-refractivity contribution < 1.29 is 14.3 Å². The van der Waals surface area contributed by atoms with Crippen LogP contribution in [0.3, 0.4) is 0 Å². The van der Waals surface area contributed by atoms with Crippen molar-refractivity contribution in [2.45, 2.75) is 46.0 Å². The molecule has 1 aliphatic heterocycles. The smallest absolute Gasteiger partial charge is 0.255 e. The van der Waals surface area contributed by atoms with Gasteiger partial charge in [0.2, 0.25) is 5.91 Å². The fraction of sp³-hybridized carbons (Fsp3) is 0.400. The zero-order chi connectivity index (χ0) is 25.5. The number of ether oxygens (including phenoxy) is 1. The quantitative estimate of drug-likeness (QED) is 0.363. The molecule has 0 saturated carbocycles. The van der Waals surface area contributed by atoms with Gasteiger partial charge in [-0.05, 0) is 61.4 Å². The highest BCUT2D eigenvalue weighted by atomic mass is 16.5. The lowest BCUT2D eigenvalue weighted by atomic mass is 10.1. The van der Waals surface area contributed by atoms with Gasteiger partial charge in [0.05, 0.1) is 18.4 Å². The predicted octanol–water partition coefficient (Wildman–Crippen LogP) is 5.72. The molecule has 190 valence electrons. The van der Waals surface area contributed by atoms with Crippen LogP contribution in [-0.4, -0.2) is 59.5 Å². The topological polar surface area (TPSA) is 54.8 Å². The van der Waals surface area contributed by atoms with Crippen molar-refractivity contribution >= 4 is 11.8 Å². The molecule has 6 heteroatoms. The SMILES string of the molecule is CCCCCCC(=O)N1CCN(C(=O)c2cc(-c3ccc(OC)cc3)n(-c3ccccc3)c2C)CC1. The molecule has 1 aromatic heterocycles. The molecule has 2 amide bonds. The highest BCUT2D eigenvalue weighted by molar-refractivity contribution is 5.97. The Labute approximate surface area is 214 Å². The van der Waals surface area contributed by atoms with E-state index >= 15 is 0 Å². The number of piperazine rings is 1. The van der Waals surface area contributed by atoms with Gasteiger partial charge in [-0.3, -0.25) is 9.59 Å². The highest BCUT2D eigenvalue weighted by Crippen LogP contribution is 2.31. The number of unbranched alkanes of at least 4 members (excludes halogenated alkanes) is 3. The van der Waals surface area contributed by atoms with Crippen molar-refractivity contribution in [2.24, 2.45) is 0 Å². The summed E-state index contributed by atoms with van der Waals surface area (Å²) >= 11 is 0. The van der Waals surface area contributed by atoms with Crippen LogP contribution in [0.15, 0.2) is 60.7 Å². The molecule has 0 aliphatic carbocycles. The van der Waals surface area contributed by atoms with Crippen LogP contribution in [0.4, 0.5) is 0 Å². The van der Waals surface area contributed by atoms with E-state index in [0.717, 1.165) is 41.2 Å². The van der Waals surface area contributed by atoms with Crippen LogP contribution in [0, 0.1) is 6.92 Å². The maximum atomic E-state index is 13.7. The Morgan fingerprint density at radius 3 is 2.17 bits per heavy atom. The first-order valence-corrected chi connectivity index (χ1v) is 13.0. The van der Waals surface area contributed by atoms with E-state index in [4.69, 9.17) is 4.74 Å².